The van der Waals surface area contributed by atoms with Gasteiger partial charge < -0.3 is 0 Å². The lowest BCUT2D eigenvalue weighted by atomic mass is 9.98. The van der Waals surface area contributed by atoms with Crippen LogP contribution in [-0.4, -0.2) is 24.5 Å². The quantitative estimate of drug-likeness (QED) is 0.683. The highest BCUT2D eigenvalue weighted by Gasteiger charge is 2.13. The van der Waals surface area contributed by atoms with Gasteiger partial charge in [0.05, 0.1) is 0 Å². The number of nitrogens with zero attached hydrogens (tertiary/aromatic N) is 1. The number of hydrogen-bond acceptors (Lipinski definition) is 1. The van der Waals surface area contributed by atoms with Crippen molar-refractivity contribution in [2.75, 3.05) is 19.6 Å². The summed E-state index contributed by atoms with van der Waals surface area (Å²) in [6, 6.07) is 0. The maximum atomic E-state index is 2.49. The highest BCUT2D eigenvalue weighted by molar-refractivity contribution is 5.41. The van der Waals surface area contributed by atoms with E-state index in [4.69, 9.17) is 0 Å². The molecule has 1 aliphatic carbocycles. The number of likely N-dealkylation sites (N-methyl/N-ethyl adjacent to an activating group) is 1. The molecular formula is C15H23N. The summed E-state index contributed by atoms with van der Waals surface area (Å²) in [5.74, 6) is 0.810. The molecule has 1 heterocycles. The molecule has 1 atom stereocenters. The summed E-state index contributed by atoms with van der Waals surface area (Å²) < 4.78 is 0. The summed E-state index contributed by atoms with van der Waals surface area (Å²) in [5, 5.41) is 0. The Kier molecular flexibility index (Phi) is 4.00. The fraction of sp³-hybridized carbons (Fsp3) is 0.600. The van der Waals surface area contributed by atoms with E-state index in [1.165, 1.54) is 37.9 Å². The van der Waals surface area contributed by atoms with Gasteiger partial charge in [0.1, 0.15) is 0 Å². The van der Waals surface area contributed by atoms with Gasteiger partial charge in [0.2, 0.25) is 0 Å². The van der Waals surface area contributed by atoms with Crippen LogP contribution in [0.3, 0.4) is 0 Å². The minimum Gasteiger partial charge on any atom is -0.300 e. The second-order valence-corrected chi connectivity index (χ2v) is 5.01. The van der Waals surface area contributed by atoms with Gasteiger partial charge in [0, 0.05) is 13.1 Å². The van der Waals surface area contributed by atoms with E-state index in [9.17, 15) is 0 Å². The molecule has 0 saturated heterocycles. The molecule has 1 nitrogen and oxygen atoms in total. The maximum Gasteiger partial charge on any atom is 0.0169 e. The van der Waals surface area contributed by atoms with Crippen LogP contribution in [-0.2, 0) is 0 Å². The van der Waals surface area contributed by atoms with Crippen LogP contribution < -0.4 is 0 Å². The summed E-state index contributed by atoms with van der Waals surface area (Å²) >= 11 is 0. The van der Waals surface area contributed by atoms with Crippen molar-refractivity contribution in [3.63, 3.8) is 0 Å². The molecule has 1 heteroatoms. The molecule has 0 bridgehead atoms. The van der Waals surface area contributed by atoms with Crippen LogP contribution in [0.4, 0.5) is 0 Å². The van der Waals surface area contributed by atoms with E-state index in [1.54, 1.807) is 5.57 Å². The van der Waals surface area contributed by atoms with E-state index in [0.717, 1.165) is 12.5 Å². The molecule has 2 aliphatic rings. The summed E-state index contributed by atoms with van der Waals surface area (Å²) in [6.07, 6.45) is 13.2. The SMILES string of the molecule is CCN1CC=C(C2=CCC(C)CC=C2)CC1. The second kappa shape index (κ2) is 5.49. The number of hydrogen-bond donors (Lipinski definition) is 0. The van der Waals surface area contributed by atoms with Gasteiger partial charge in [-0.15, -0.1) is 0 Å². The topological polar surface area (TPSA) is 3.24 Å². The first-order valence-electron chi connectivity index (χ1n) is 6.58. The normalized spacial score (nSPS) is 27.2. The van der Waals surface area contributed by atoms with Crippen molar-refractivity contribution >= 4 is 0 Å². The molecule has 16 heavy (non-hydrogen) atoms. The Morgan fingerprint density at radius 3 is 2.88 bits per heavy atom. The second-order valence-electron chi connectivity index (χ2n) is 5.01. The Bertz CT molecular complexity index is 322. The van der Waals surface area contributed by atoms with Gasteiger partial charge >= 0.3 is 0 Å². The van der Waals surface area contributed by atoms with Gasteiger partial charge in [-0.1, -0.05) is 38.2 Å². The minimum atomic E-state index is 0.810. The van der Waals surface area contributed by atoms with E-state index in [0.29, 0.717) is 0 Å². The first-order chi connectivity index (χ1) is 7.79. The third-order valence-electron chi connectivity index (χ3n) is 3.69. The summed E-state index contributed by atoms with van der Waals surface area (Å²) in [4.78, 5) is 2.49. The van der Waals surface area contributed by atoms with Gasteiger partial charge in [-0.25, -0.2) is 0 Å². The van der Waals surface area contributed by atoms with Gasteiger partial charge in [-0.3, -0.25) is 4.90 Å². The molecule has 0 aromatic heterocycles. The molecule has 0 radical (unpaired) electrons. The molecule has 0 saturated carbocycles. The average molecular weight is 217 g/mol. The first kappa shape index (κ1) is 11.7. The largest absolute Gasteiger partial charge is 0.300 e. The van der Waals surface area contributed by atoms with E-state index in [2.05, 4.69) is 43.1 Å². The van der Waals surface area contributed by atoms with Crippen LogP contribution in [0.1, 0.15) is 33.1 Å². The van der Waals surface area contributed by atoms with E-state index in [-0.39, 0.29) is 0 Å². The maximum absolute atomic E-state index is 2.49. The summed E-state index contributed by atoms with van der Waals surface area (Å²) in [5.41, 5.74) is 3.05. The Morgan fingerprint density at radius 2 is 2.19 bits per heavy atom. The fourth-order valence-electron chi connectivity index (χ4n) is 2.42. The van der Waals surface area contributed by atoms with Crippen molar-refractivity contribution < 1.29 is 0 Å². The Labute approximate surface area is 99.5 Å². The molecular weight excluding hydrogens is 194 g/mol. The fourth-order valence-corrected chi connectivity index (χ4v) is 2.42. The van der Waals surface area contributed by atoms with Crippen LogP contribution in [0.5, 0.6) is 0 Å². The summed E-state index contributed by atoms with van der Waals surface area (Å²) in [7, 11) is 0. The highest BCUT2D eigenvalue weighted by atomic mass is 15.1. The van der Waals surface area contributed by atoms with Crippen LogP contribution >= 0.6 is 0 Å². The lowest BCUT2D eigenvalue weighted by Crippen LogP contribution is -2.28. The van der Waals surface area contributed by atoms with Crippen LogP contribution in [0, 0.1) is 5.92 Å². The molecule has 2 rings (SSSR count). The zero-order chi connectivity index (χ0) is 11.4. The molecule has 0 fully saturated rings. The molecule has 0 aromatic rings. The Morgan fingerprint density at radius 1 is 1.31 bits per heavy atom. The molecule has 1 aliphatic heterocycles. The van der Waals surface area contributed by atoms with E-state index >= 15 is 0 Å². The summed E-state index contributed by atoms with van der Waals surface area (Å²) in [6.45, 7) is 8.11. The Hall–Kier alpha value is -0.820. The van der Waals surface area contributed by atoms with E-state index < -0.39 is 0 Å². The number of allylic oxidation sites excluding steroid dienone is 4. The highest BCUT2D eigenvalue weighted by Crippen LogP contribution is 2.25. The lowest BCUT2D eigenvalue weighted by Gasteiger charge is -2.25. The van der Waals surface area contributed by atoms with Gasteiger partial charge in [-0.05, 0) is 42.9 Å². The standard InChI is InChI=1S/C15H23N/c1-3-16-11-9-15(10-12-16)14-6-4-5-13(2)7-8-14/h4,6,8-9,13H,3,5,7,10-12H2,1-2H3. The van der Waals surface area contributed by atoms with Gasteiger partial charge in [0.15, 0.2) is 0 Å². The third kappa shape index (κ3) is 2.85. The third-order valence-corrected chi connectivity index (χ3v) is 3.69. The van der Waals surface area contributed by atoms with Crippen molar-refractivity contribution in [3.8, 4) is 0 Å². The van der Waals surface area contributed by atoms with Crippen molar-refractivity contribution in [1.29, 1.82) is 0 Å². The zero-order valence-electron chi connectivity index (χ0n) is 10.6. The Balaban J connectivity index is 2.05. The molecule has 0 spiro atoms. The minimum absolute atomic E-state index is 0.810. The van der Waals surface area contributed by atoms with Crippen molar-refractivity contribution in [2.45, 2.75) is 33.1 Å². The molecule has 0 amide bonds. The molecule has 88 valence electrons. The van der Waals surface area contributed by atoms with Crippen LogP contribution in [0.25, 0.3) is 0 Å². The van der Waals surface area contributed by atoms with E-state index in [1.807, 2.05) is 0 Å². The predicted octanol–water partition coefficient (Wildman–Crippen LogP) is 3.55. The van der Waals surface area contributed by atoms with Crippen LogP contribution in [0.15, 0.2) is 35.5 Å². The predicted molar refractivity (Wildman–Crippen MR) is 70.4 cm³/mol. The first-order valence-corrected chi connectivity index (χ1v) is 6.58. The monoisotopic (exact) mass is 217 g/mol. The average Bonchev–Trinajstić information content (AvgIpc) is 2.54. The molecule has 0 N–H and O–H groups in total. The molecule has 0 aromatic carbocycles. The van der Waals surface area contributed by atoms with Gasteiger partial charge in [0.25, 0.3) is 0 Å². The smallest absolute Gasteiger partial charge is 0.0169 e. The molecule has 1 unspecified atom stereocenters. The van der Waals surface area contributed by atoms with Crippen molar-refractivity contribution in [1.82, 2.24) is 4.90 Å². The van der Waals surface area contributed by atoms with Crippen LogP contribution in [0.2, 0.25) is 0 Å². The van der Waals surface area contributed by atoms with Crippen molar-refractivity contribution in [3.05, 3.63) is 35.5 Å². The van der Waals surface area contributed by atoms with Gasteiger partial charge in [-0.2, -0.15) is 0 Å². The lowest BCUT2D eigenvalue weighted by molar-refractivity contribution is 0.311. The number of rotatable bonds is 2. The zero-order valence-corrected chi connectivity index (χ0v) is 10.6. The van der Waals surface area contributed by atoms with Crippen molar-refractivity contribution in [2.24, 2.45) is 5.92 Å².